The van der Waals surface area contributed by atoms with E-state index in [1.165, 1.54) is 6.07 Å². The average Bonchev–Trinajstić information content (AvgIpc) is 2.63. The fraction of sp³-hybridized carbons (Fsp3) is 0.333. The first-order chi connectivity index (χ1) is 11.0. The molecule has 0 aliphatic carbocycles. The maximum Gasteiger partial charge on any atom is 0.478 e. The van der Waals surface area contributed by atoms with Crippen LogP contribution in [-0.2, 0) is 20.7 Å². The van der Waals surface area contributed by atoms with E-state index in [1.807, 2.05) is 0 Å². The SMILES string of the molecule is O=C(O)C[C@H]1C=CC[C@H](NC(=O)Cc2ccccc2O)B(O)O1. The highest BCUT2D eigenvalue weighted by Gasteiger charge is 2.32. The van der Waals surface area contributed by atoms with Gasteiger partial charge in [-0.15, -0.1) is 0 Å². The molecule has 7 nitrogen and oxygen atoms in total. The summed E-state index contributed by atoms with van der Waals surface area (Å²) in [5, 5.41) is 31.0. The van der Waals surface area contributed by atoms with Crippen LogP contribution in [0.25, 0.3) is 0 Å². The Morgan fingerprint density at radius 1 is 1.35 bits per heavy atom. The molecule has 2 rings (SSSR count). The van der Waals surface area contributed by atoms with E-state index in [9.17, 15) is 19.7 Å². The summed E-state index contributed by atoms with van der Waals surface area (Å²) >= 11 is 0. The summed E-state index contributed by atoms with van der Waals surface area (Å²) < 4.78 is 5.23. The minimum atomic E-state index is -1.30. The number of hydrogen-bond donors (Lipinski definition) is 4. The standard InChI is InChI=1S/C15H18BNO6/c18-12-6-2-1-4-10(12)8-14(19)17-13-7-3-5-11(9-15(20)21)23-16(13)22/h1-6,11,13,18,22H,7-9H2,(H,17,19)(H,20,21)/t11-,13+/m1/s1. The van der Waals surface area contributed by atoms with E-state index in [0.717, 1.165) is 0 Å². The third kappa shape index (κ3) is 5.12. The van der Waals surface area contributed by atoms with Gasteiger partial charge in [-0.3, -0.25) is 9.59 Å². The van der Waals surface area contributed by atoms with Gasteiger partial charge >= 0.3 is 13.1 Å². The van der Waals surface area contributed by atoms with E-state index in [-0.39, 0.29) is 24.5 Å². The number of amides is 1. The smallest absolute Gasteiger partial charge is 0.478 e. The number of carbonyl (C=O) groups excluding carboxylic acids is 1. The van der Waals surface area contributed by atoms with Crippen molar-refractivity contribution < 1.29 is 29.5 Å². The molecule has 1 heterocycles. The zero-order valence-corrected chi connectivity index (χ0v) is 12.4. The van der Waals surface area contributed by atoms with Gasteiger partial charge in [0, 0.05) is 5.56 Å². The van der Waals surface area contributed by atoms with E-state index in [0.29, 0.717) is 12.0 Å². The molecule has 0 radical (unpaired) electrons. The lowest BCUT2D eigenvalue weighted by molar-refractivity contribution is -0.138. The topological polar surface area (TPSA) is 116 Å². The summed E-state index contributed by atoms with van der Waals surface area (Å²) in [5.41, 5.74) is 0.480. The van der Waals surface area contributed by atoms with Crippen molar-refractivity contribution in [2.75, 3.05) is 0 Å². The number of benzene rings is 1. The molecule has 0 saturated carbocycles. The molecule has 0 unspecified atom stereocenters. The number of carboxylic acids is 1. The number of phenols is 1. The van der Waals surface area contributed by atoms with Crippen LogP contribution in [0.2, 0.25) is 0 Å². The molecule has 0 fully saturated rings. The largest absolute Gasteiger partial charge is 0.508 e. The molecule has 4 N–H and O–H groups in total. The van der Waals surface area contributed by atoms with Crippen molar-refractivity contribution in [2.24, 2.45) is 0 Å². The van der Waals surface area contributed by atoms with Crippen LogP contribution in [0.3, 0.4) is 0 Å². The fourth-order valence-corrected chi connectivity index (χ4v) is 2.32. The van der Waals surface area contributed by atoms with Gasteiger partial charge in [0.05, 0.1) is 24.9 Å². The second-order valence-electron chi connectivity index (χ2n) is 5.31. The van der Waals surface area contributed by atoms with Crippen molar-refractivity contribution in [1.82, 2.24) is 5.32 Å². The number of phenolic OH excluding ortho intramolecular Hbond substituents is 1. The summed E-state index contributed by atoms with van der Waals surface area (Å²) in [6.07, 6.45) is 2.54. The molecule has 23 heavy (non-hydrogen) atoms. The number of carboxylic acid groups (broad SMARTS) is 1. The molecular formula is C15H18BNO6. The van der Waals surface area contributed by atoms with Crippen molar-refractivity contribution in [3.05, 3.63) is 42.0 Å². The predicted molar refractivity (Wildman–Crippen MR) is 82.6 cm³/mol. The minimum absolute atomic E-state index is 0.0294. The molecule has 0 spiro atoms. The van der Waals surface area contributed by atoms with Gasteiger partial charge in [0.1, 0.15) is 5.75 Å². The van der Waals surface area contributed by atoms with Crippen LogP contribution in [0, 0.1) is 0 Å². The summed E-state index contributed by atoms with van der Waals surface area (Å²) in [6.45, 7) is 0. The maximum atomic E-state index is 12.0. The third-order valence-corrected chi connectivity index (χ3v) is 3.46. The number of aromatic hydroxyl groups is 1. The van der Waals surface area contributed by atoms with Gasteiger partial charge in [0.25, 0.3) is 0 Å². The monoisotopic (exact) mass is 319 g/mol. The number of nitrogens with one attached hydrogen (secondary N) is 1. The molecular weight excluding hydrogens is 301 g/mol. The van der Waals surface area contributed by atoms with Gasteiger partial charge in [-0.05, 0) is 12.5 Å². The quantitative estimate of drug-likeness (QED) is 0.457. The van der Waals surface area contributed by atoms with Gasteiger partial charge in [-0.2, -0.15) is 0 Å². The van der Waals surface area contributed by atoms with E-state index >= 15 is 0 Å². The lowest BCUT2D eigenvalue weighted by atomic mass is 9.77. The van der Waals surface area contributed by atoms with Gasteiger partial charge < -0.3 is 25.2 Å². The van der Waals surface area contributed by atoms with Crippen molar-refractivity contribution in [1.29, 1.82) is 0 Å². The van der Waals surface area contributed by atoms with Gasteiger partial charge in [-0.25, -0.2) is 0 Å². The fourth-order valence-electron chi connectivity index (χ4n) is 2.32. The Bertz CT molecular complexity index is 605. The normalized spacial score (nSPS) is 20.8. The molecule has 1 aliphatic heterocycles. The number of carbonyl (C=O) groups is 2. The van der Waals surface area contributed by atoms with E-state index in [1.54, 1.807) is 30.4 Å². The average molecular weight is 319 g/mol. The van der Waals surface area contributed by atoms with Gasteiger partial charge in [0.2, 0.25) is 5.91 Å². The highest BCUT2D eigenvalue weighted by molar-refractivity contribution is 6.45. The van der Waals surface area contributed by atoms with Crippen LogP contribution in [0.5, 0.6) is 5.75 Å². The Hall–Kier alpha value is -2.32. The molecule has 2 atom stereocenters. The first-order valence-corrected chi connectivity index (χ1v) is 7.24. The van der Waals surface area contributed by atoms with Crippen LogP contribution >= 0.6 is 0 Å². The summed E-state index contributed by atoms with van der Waals surface area (Å²) in [6, 6.07) is 6.50. The summed E-state index contributed by atoms with van der Waals surface area (Å²) in [4.78, 5) is 22.7. The van der Waals surface area contributed by atoms with E-state index in [2.05, 4.69) is 5.32 Å². The van der Waals surface area contributed by atoms with Crippen molar-refractivity contribution >= 4 is 19.0 Å². The molecule has 122 valence electrons. The van der Waals surface area contributed by atoms with E-state index < -0.39 is 25.1 Å². The van der Waals surface area contributed by atoms with Crippen molar-refractivity contribution in [2.45, 2.75) is 31.3 Å². The van der Waals surface area contributed by atoms with Crippen LogP contribution < -0.4 is 5.32 Å². The molecule has 1 aromatic carbocycles. The predicted octanol–water partition coefficient (Wildman–Crippen LogP) is 0.259. The van der Waals surface area contributed by atoms with Crippen LogP contribution in [0.1, 0.15) is 18.4 Å². The van der Waals surface area contributed by atoms with Crippen LogP contribution in [0.4, 0.5) is 0 Å². The Balaban J connectivity index is 1.92. The Labute approximate surface area is 133 Å². The van der Waals surface area contributed by atoms with Crippen LogP contribution in [-0.4, -0.2) is 46.3 Å². The van der Waals surface area contributed by atoms with Crippen molar-refractivity contribution in [3.8, 4) is 5.75 Å². The minimum Gasteiger partial charge on any atom is -0.508 e. The number of hydrogen-bond acceptors (Lipinski definition) is 5. The summed E-state index contributed by atoms with van der Waals surface area (Å²) in [7, 11) is -1.30. The Kier molecular flexibility index (Phi) is 5.78. The molecule has 8 heteroatoms. The molecule has 0 saturated heterocycles. The second-order valence-corrected chi connectivity index (χ2v) is 5.31. The Morgan fingerprint density at radius 2 is 2.09 bits per heavy atom. The molecule has 0 bridgehead atoms. The zero-order chi connectivity index (χ0) is 16.8. The van der Waals surface area contributed by atoms with Gasteiger partial charge in [0.15, 0.2) is 0 Å². The third-order valence-electron chi connectivity index (χ3n) is 3.46. The lowest BCUT2D eigenvalue weighted by Crippen LogP contribution is -2.48. The number of para-hydroxylation sites is 1. The molecule has 1 aliphatic rings. The molecule has 0 aromatic heterocycles. The lowest BCUT2D eigenvalue weighted by Gasteiger charge is -2.20. The molecule has 1 aromatic rings. The summed E-state index contributed by atoms with van der Waals surface area (Å²) in [5.74, 6) is -2.05. The first kappa shape index (κ1) is 17.0. The van der Waals surface area contributed by atoms with Gasteiger partial charge in [-0.1, -0.05) is 30.4 Å². The highest BCUT2D eigenvalue weighted by Crippen LogP contribution is 2.17. The second kappa shape index (κ2) is 7.80. The van der Waals surface area contributed by atoms with Crippen molar-refractivity contribution in [3.63, 3.8) is 0 Å². The first-order valence-electron chi connectivity index (χ1n) is 7.24. The molecule has 1 amide bonds. The zero-order valence-electron chi connectivity index (χ0n) is 12.4. The number of rotatable bonds is 5. The van der Waals surface area contributed by atoms with Crippen LogP contribution in [0.15, 0.2) is 36.4 Å². The highest BCUT2D eigenvalue weighted by atomic mass is 16.5. The maximum absolute atomic E-state index is 12.0. The Morgan fingerprint density at radius 3 is 2.78 bits per heavy atom. The number of aliphatic carboxylic acids is 1. The van der Waals surface area contributed by atoms with E-state index in [4.69, 9.17) is 9.76 Å².